The Labute approximate surface area is 106 Å². The van der Waals surface area contributed by atoms with Crippen LogP contribution in [-0.2, 0) is 0 Å². The number of benzene rings is 1. The Morgan fingerprint density at radius 3 is 2.56 bits per heavy atom. The average molecular weight is 304 g/mol. The molecule has 0 aliphatic carbocycles. The number of aromatic nitrogens is 2. The van der Waals surface area contributed by atoms with E-state index in [4.69, 9.17) is 11.6 Å². The first-order valence-electron chi connectivity index (χ1n) is 4.68. The second-order valence-corrected chi connectivity index (χ2v) is 4.72. The Balaban J connectivity index is 2.63. The lowest BCUT2D eigenvalue weighted by atomic mass is 10.3. The third-order valence-corrected chi connectivity index (χ3v) is 3.72. The van der Waals surface area contributed by atoms with Gasteiger partial charge in [0, 0.05) is 5.02 Å². The average Bonchev–Trinajstić information content (AvgIpc) is 2.46. The van der Waals surface area contributed by atoms with E-state index < -0.39 is 0 Å². The zero-order chi connectivity index (χ0) is 11.9. The highest BCUT2D eigenvalue weighted by Gasteiger charge is 2.13. The molecule has 0 atom stereocenters. The molecule has 2 aromatic rings. The molecule has 2 nitrogen and oxygen atoms in total. The quantitative estimate of drug-likeness (QED) is 0.777. The molecular formula is C11H9BrClFN2. The molecule has 0 fully saturated rings. The molecule has 2 rings (SSSR count). The van der Waals surface area contributed by atoms with E-state index in [1.54, 1.807) is 16.8 Å². The van der Waals surface area contributed by atoms with Gasteiger partial charge in [0.05, 0.1) is 15.9 Å². The summed E-state index contributed by atoms with van der Waals surface area (Å²) in [6.45, 7) is 3.74. The molecule has 0 aliphatic heterocycles. The number of hydrogen-bond donors (Lipinski definition) is 0. The van der Waals surface area contributed by atoms with Gasteiger partial charge in [-0.1, -0.05) is 11.6 Å². The summed E-state index contributed by atoms with van der Waals surface area (Å²) in [6, 6.07) is 4.54. The second-order valence-electron chi connectivity index (χ2n) is 3.49. The van der Waals surface area contributed by atoms with Crippen molar-refractivity contribution in [3.63, 3.8) is 0 Å². The monoisotopic (exact) mass is 302 g/mol. The van der Waals surface area contributed by atoms with Gasteiger partial charge in [-0.2, -0.15) is 5.10 Å². The molecule has 0 N–H and O–H groups in total. The van der Waals surface area contributed by atoms with Gasteiger partial charge in [-0.05, 0) is 48.0 Å². The summed E-state index contributed by atoms with van der Waals surface area (Å²) in [7, 11) is 0. The Bertz CT molecular complexity index is 551. The van der Waals surface area contributed by atoms with Gasteiger partial charge in [0.1, 0.15) is 11.5 Å². The summed E-state index contributed by atoms with van der Waals surface area (Å²) in [5.74, 6) is -0.384. The highest BCUT2D eigenvalue weighted by atomic mass is 79.9. The van der Waals surface area contributed by atoms with Crippen LogP contribution in [0.4, 0.5) is 4.39 Å². The summed E-state index contributed by atoms with van der Waals surface area (Å²) in [5, 5.41) is 4.63. The van der Waals surface area contributed by atoms with Gasteiger partial charge in [-0.25, -0.2) is 9.07 Å². The lowest BCUT2D eigenvalue weighted by molar-refractivity contribution is 0.608. The fourth-order valence-corrected chi connectivity index (χ4v) is 1.92. The molecule has 84 valence electrons. The highest BCUT2D eigenvalue weighted by Crippen LogP contribution is 2.25. The minimum atomic E-state index is -0.384. The van der Waals surface area contributed by atoms with E-state index >= 15 is 0 Å². The van der Waals surface area contributed by atoms with Crippen molar-refractivity contribution in [3.8, 4) is 5.69 Å². The molecule has 0 unspecified atom stereocenters. The van der Waals surface area contributed by atoms with Crippen LogP contribution in [-0.4, -0.2) is 9.78 Å². The van der Waals surface area contributed by atoms with E-state index in [1.165, 1.54) is 6.07 Å². The summed E-state index contributed by atoms with van der Waals surface area (Å²) >= 11 is 9.11. The third-order valence-electron chi connectivity index (χ3n) is 2.34. The van der Waals surface area contributed by atoms with E-state index in [-0.39, 0.29) is 5.82 Å². The van der Waals surface area contributed by atoms with Crippen molar-refractivity contribution in [2.24, 2.45) is 0 Å². The van der Waals surface area contributed by atoms with E-state index in [9.17, 15) is 4.39 Å². The van der Waals surface area contributed by atoms with Crippen molar-refractivity contribution in [1.29, 1.82) is 0 Å². The molecule has 1 aromatic heterocycles. The standard InChI is InChI=1S/C11H9BrClFN2/c1-6-11(12)7(2)16(15-6)10-4-3-8(13)5-9(10)14/h3-5H,1-2H3. The Morgan fingerprint density at radius 1 is 1.38 bits per heavy atom. The van der Waals surface area contributed by atoms with Crippen molar-refractivity contribution in [2.45, 2.75) is 13.8 Å². The molecule has 5 heteroatoms. The molecule has 1 heterocycles. The van der Waals surface area contributed by atoms with Gasteiger partial charge in [0.25, 0.3) is 0 Å². The predicted octanol–water partition coefficient (Wildman–Crippen LogP) is 4.04. The number of hydrogen-bond acceptors (Lipinski definition) is 1. The van der Waals surface area contributed by atoms with Gasteiger partial charge >= 0.3 is 0 Å². The van der Waals surface area contributed by atoms with E-state index in [1.807, 2.05) is 13.8 Å². The molecule has 0 radical (unpaired) electrons. The van der Waals surface area contributed by atoms with Gasteiger partial charge < -0.3 is 0 Å². The van der Waals surface area contributed by atoms with Crippen LogP contribution in [0.3, 0.4) is 0 Å². The minimum absolute atomic E-state index is 0.377. The van der Waals surface area contributed by atoms with Gasteiger partial charge in [-0.15, -0.1) is 0 Å². The highest BCUT2D eigenvalue weighted by molar-refractivity contribution is 9.10. The van der Waals surface area contributed by atoms with Crippen molar-refractivity contribution in [2.75, 3.05) is 0 Å². The first-order chi connectivity index (χ1) is 7.50. The minimum Gasteiger partial charge on any atom is -0.234 e. The van der Waals surface area contributed by atoms with E-state index in [2.05, 4.69) is 21.0 Å². The maximum absolute atomic E-state index is 13.7. The lowest BCUT2D eigenvalue weighted by Crippen LogP contribution is -2.01. The predicted molar refractivity (Wildman–Crippen MR) is 65.7 cm³/mol. The van der Waals surface area contributed by atoms with Crippen LogP contribution in [0.2, 0.25) is 5.02 Å². The first kappa shape index (κ1) is 11.6. The second kappa shape index (κ2) is 4.18. The lowest BCUT2D eigenvalue weighted by Gasteiger charge is -2.05. The Hall–Kier alpha value is -0.870. The van der Waals surface area contributed by atoms with Gasteiger partial charge in [0.2, 0.25) is 0 Å². The Morgan fingerprint density at radius 2 is 2.06 bits per heavy atom. The van der Waals surface area contributed by atoms with Crippen LogP contribution >= 0.6 is 27.5 Å². The summed E-state index contributed by atoms with van der Waals surface area (Å²) < 4.78 is 16.1. The topological polar surface area (TPSA) is 17.8 Å². The molecular weight excluding hydrogens is 294 g/mol. The fourth-order valence-electron chi connectivity index (χ4n) is 1.51. The van der Waals surface area contributed by atoms with Crippen LogP contribution in [0, 0.1) is 19.7 Å². The summed E-state index contributed by atoms with van der Waals surface area (Å²) in [6.07, 6.45) is 0. The fraction of sp³-hybridized carbons (Fsp3) is 0.182. The molecule has 0 aliphatic rings. The smallest absolute Gasteiger partial charge is 0.150 e. The number of halogens is 3. The largest absolute Gasteiger partial charge is 0.234 e. The van der Waals surface area contributed by atoms with Crippen molar-refractivity contribution in [3.05, 3.63) is 44.9 Å². The molecule has 16 heavy (non-hydrogen) atoms. The summed E-state index contributed by atoms with van der Waals surface area (Å²) in [4.78, 5) is 0. The van der Waals surface area contributed by atoms with Gasteiger partial charge in [-0.3, -0.25) is 0 Å². The maximum Gasteiger partial charge on any atom is 0.150 e. The van der Waals surface area contributed by atoms with Crippen molar-refractivity contribution in [1.82, 2.24) is 9.78 Å². The summed E-state index contributed by atoms with van der Waals surface area (Å²) in [5.41, 5.74) is 2.08. The molecule has 0 saturated carbocycles. The zero-order valence-electron chi connectivity index (χ0n) is 8.76. The maximum atomic E-state index is 13.7. The number of nitrogens with zero attached hydrogens (tertiary/aromatic N) is 2. The van der Waals surface area contributed by atoms with E-state index in [0.29, 0.717) is 10.7 Å². The normalized spacial score (nSPS) is 10.8. The van der Waals surface area contributed by atoms with Crippen LogP contribution < -0.4 is 0 Å². The van der Waals surface area contributed by atoms with Crippen molar-refractivity contribution >= 4 is 27.5 Å². The number of aryl methyl sites for hydroxylation is 1. The van der Waals surface area contributed by atoms with Gasteiger partial charge in [0.15, 0.2) is 0 Å². The third kappa shape index (κ3) is 1.87. The zero-order valence-corrected chi connectivity index (χ0v) is 11.1. The SMILES string of the molecule is Cc1nn(-c2ccc(Cl)cc2F)c(C)c1Br. The van der Waals surface area contributed by atoms with Crippen LogP contribution in [0.15, 0.2) is 22.7 Å². The van der Waals surface area contributed by atoms with Crippen molar-refractivity contribution < 1.29 is 4.39 Å². The Kier molecular flexibility index (Phi) is 3.04. The molecule has 1 aromatic carbocycles. The van der Waals surface area contributed by atoms with Crippen LogP contribution in [0.5, 0.6) is 0 Å². The van der Waals surface area contributed by atoms with Crippen LogP contribution in [0.25, 0.3) is 5.69 Å². The molecule has 0 bridgehead atoms. The van der Waals surface area contributed by atoms with Crippen LogP contribution in [0.1, 0.15) is 11.4 Å². The first-order valence-corrected chi connectivity index (χ1v) is 5.85. The molecule has 0 spiro atoms. The molecule has 0 amide bonds. The van der Waals surface area contributed by atoms with E-state index in [0.717, 1.165) is 15.9 Å². The molecule has 0 saturated heterocycles. The number of rotatable bonds is 1.